The highest BCUT2D eigenvalue weighted by Crippen LogP contribution is 2.38. The fourth-order valence-electron chi connectivity index (χ4n) is 2.48. The number of para-hydroxylation sites is 1. The molecule has 0 amide bonds. The third-order valence-corrected chi connectivity index (χ3v) is 3.53. The highest BCUT2D eigenvalue weighted by atomic mass is 19.4. The van der Waals surface area contributed by atoms with Gasteiger partial charge in [-0.3, -0.25) is 0 Å². The molecule has 1 aromatic carbocycles. The maximum absolute atomic E-state index is 13.3. The summed E-state index contributed by atoms with van der Waals surface area (Å²) < 4.78 is 44.9. The predicted molar refractivity (Wildman–Crippen MR) is 86.6 cm³/mol. The summed E-state index contributed by atoms with van der Waals surface area (Å²) in [6.45, 7) is 4.12. The van der Waals surface area contributed by atoms with Gasteiger partial charge in [-0.2, -0.15) is 18.2 Å². The quantitative estimate of drug-likeness (QED) is 0.805. The number of aromatic nitrogens is 2. The van der Waals surface area contributed by atoms with Gasteiger partial charge in [0.15, 0.2) is 5.82 Å². The third kappa shape index (κ3) is 3.96. The summed E-state index contributed by atoms with van der Waals surface area (Å²) >= 11 is 0. The first-order valence-corrected chi connectivity index (χ1v) is 7.54. The smallest absolute Gasteiger partial charge is 0.421 e. The van der Waals surface area contributed by atoms with Crippen LogP contribution in [0.5, 0.6) is 6.01 Å². The molecular formula is C17H20F3N3O. The molecule has 1 heterocycles. The second-order valence-corrected chi connectivity index (χ2v) is 5.88. The van der Waals surface area contributed by atoms with E-state index >= 15 is 0 Å². The van der Waals surface area contributed by atoms with Crippen molar-refractivity contribution in [2.75, 3.05) is 19.1 Å². The van der Waals surface area contributed by atoms with Crippen molar-refractivity contribution in [1.82, 2.24) is 9.97 Å². The molecule has 1 aromatic heterocycles. The van der Waals surface area contributed by atoms with Gasteiger partial charge >= 0.3 is 12.2 Å². The van der Waals surface area contributed by atoms with Crippen molar-refractivity contribution >= 4 is 11.5 Å². The maximum Gasteiger partial charge on any atom is 0.421 e. The third-order valence-electron chi connectivity index (χ3n) is 3.53. The highest BCUT2D eigenvalue weighted by molar-refractivity contribution is 5.66. The number of hydrogen-bond donors (Lipinski definition) is 0. The molecule has 0 fully saturated rings. The first kappa shape index (κ1) is 18.0. The predicted octanol–water partition coefficient (Wildman–Crippen LogP) is 4.47. The fraction of sp³-hybridized carbons (Fsp3) is 0.412. The molecule has 2 rings (SSSR count). The molecule has 0 saturated carbocycles. The van der Waals surface area contributed by atoms with Crippen LogP contribution in [0, 0.1) is 5.92 Å². The number of anilines is 2. The van der Waals surface area contributed by atoms with Gasteiger partial charge in [-0.05, 0) is 24.0 Å². The number of rotatable bonds is 5. The lowest BCUT2D eigenvalue weighted by Crippen LogP contribution is -2.20. The SMILES string of the molecule is COc1ncc(C(F)(F)F)c(N(C)c2ccccc2CC(C)C)n1. The van der Waals surface area contributed by atoms with Crippen molar-refractivity contribution in [2.24, 2.45) is 5.92 Å². The zero-order valence-corrected chi connectivity index (χ0v) is 14.1. The van der Waals surface area contributed by atoms with E-state index in [1.807, 2.05) is 12.1 Å². The number of hydrogen-bond acceptors (Lipinski definition) is 4. The van der Waals surface area contributed by atoms with E-state index in [-0.39, 0.29) is 11.8 Å². The highest BCUT2D eigenvalue weighted by Gasteiger charge is 2.37. The van der Waals surface area contributed by atoms with Crippen LogP contribution in [-0.2, 0) is 12.6 Å². The van der Waals surface area contributed by atoms with Gasteiger partial charge in [-0.1, -0.05) is 32.0 Å². The Kier molecular flexibility index (Phi) is 5.31. The van der Waals surface area contributed by atoms with Gasteiger partial charge in [0.25, 0.3) is 0 Å². The Labute approximate surface area is 139 Å². The normalized spacial score (nSPS) is 11.7. The number of methoxy groups -OCH3 is 1. The summed E-state index contributed by atoms with van der Waals surface area (Å²) in [5.74, 6) is 0.145. The number of nitrogens with zero attached hydrogens (tertiary/aromatic N) is 3. The van der Waals surface area contributed by atoms with Crippen LogP contribution >= 0.6 is 0 Å². The number of halogens is 3. The monoisotopic (exact) mass is 339 g/mol. The molecule has 130 valence electrons. The van der Waals surface area contributed by atoms with Gasteiger partial charge in [-0.25, -0.2) is 4.98 Å². The number of benzene rings is 1. The van der Waals surface area contributed by atoms with Crippen molar-refractivity contribution in [2.45, 2.75) is 26.4 Å². The van der Waals surface area contributed by atoms with E-state index in [1.165, 1.54) is 12.0 Å². The van der Waals surface area contributed by atoms with E-state index < -0.39 is 11.7 Å². The fourth-order valence-corrected chi connectivity index (χ4v) is 2.48. The van der Waals surface area contributed by atoms with Gasteiger partial charge in [-0.15, -0.1) is 0 Å². The molecular weight excluding hydrogens is 319 g/mol. The van der Waals surface area contributed by atoms with Crippen molar-refractivity contribution in [3.05, 3.63) is 41.6 Å². The topological polar surface area (TPSA) is 38.2 Å². The Bertz CT molecular complexity index is 702. The maximum atomic E-state index is 13.3. The minimum absolute atomic E-state index is 0.105. The lowest BCUT2D eigenvalue weighted by Gasteiger charge is -2.25. The first-order valence-electron chi connectivity index (χ1n) is 7.54. The Morgan fingerprint density at radius 3 is 2.46 bits per heavy atom. The van der Waals surface area contributed by atoms with E-state index in [0.717, 1.165) is 18.2 Å². The molecule has 0 radical (unpaired) electrons. The molecule has 0 aliphatic rings. The van der Waals surface area contributed by atoms with E-state index in [0.29, 0.717) is 11.6 Å². The molecule has 0 saturated heterocycles. The molecule has 0 spiro atoms. The lowest BCUT2D eigenvalue weighted by molar-refractivity contribution is -0.137. The molecule has 0 atom stereocenters. The second kappa shape index (κ2) is 7.07. The van der Waals surface area contributed by atoms with Crippen LogP contribution in [0.15, 0.2) is 30.5 Å². The summed E-state index contributed by atoms with van der Waals surface area (Å²) in [5.41, 5.74) is 0.739. The van der Waals surface area contributed by atoms with E-state index in [1.54, 1.807) is 19.2 Å². The average Bonchev–Trinajstić information content (AvgIpc) is 2.52. The molecule has 0 aliphatic heterocycles. The van der Waals surface area contributed by atoms with E-state index in [2.05, 4.69) is 23.8 Å². The van der Waals surface area contributed by atoms with Gasteiger partial charge in [0, 0.05) is 18.9 Å². The van der Waals surface area contributed by atoms with Crippen LogP contribution in [0.2, 0.25) is 0 Å². The van der Waals surface area contributed by atoms with Crippen LogP contribution in [0.4, 0.5) is 24.7 Å². The Hall–Kier alpha value is -2.31. The van der Waals surface area contributed by atoms with Gasteiger partial charge in [0.1, 0.15) is 5.56 Å². The molecule has 0 unspecified atom stereocenters. The van der Waals surface area contributed by atoms with Crippen molar-refractivity contribution in [3.8, 4) is 6.01 Å². The minimum atomic E-state index is -4.55. The average molecular weight is 339 g/mol. The summed E-state index contributed by atoms with van der Waals surface area (Å²) in [6.07, 6.45) is -3.05. The number of alkyl halides is 3. The molecule has 2 aromatic rings. The summed E-state index contributed by atoms with van der Waals surface area (Å²) in [6, 6.07) is 7.26. The Morgan fingerprint density at radius 1 is 1.21 bits per heavy atom. The van der Waals surface area contributed by atoms with Crippen LogP contribution in [0.1, 0.15) is 25.0 Å². The van der Waals surface area contributed by atoms with Gasteiger partial charge in [0.05, 0.1) is 7.11 Å². The van der Waals surface area contributed by atoms with Crippen LogP contribution in [0.25, 0.3) is 0 Å². The molecule has 0 bridgehead atoms. The number of ether oxygens (including phenoxy) is 1. The van der Waals surface area contributed by atoms with Crippen LogP contribution in [-0.4, -0.2) is 24.1 Å². The first-order chi connectivity index (χ1) is 11.2. The summed E-state index contributed by atoms with van der Waals surface area (Å²) in [7, 11) is 2.88. The van der Waals surface area contributed by atoms with Gasteiger partial charge < -0.3 is 9.64 Å². The van der Waals surface area contributed by atoms with Crippen molar-refractivity contribution < 1.29 is 17.9 Å². The summed E-state index contributed by atoms with van der Waals surface area (Å²) in [5, 5.41) is 0. The molecule has 4 nitrogen and oxygen atoms in total. The van der Waals surface area contributed by atoms with E-state index in [9.17, 15) is 13.2 Å². The zero-order chi connectivity index (χ0) is 17.9. The van der Waals surface area contributed by atoms with Crippen LogP contribution in [0.3, 0.4) is 0 Å². The lowest BCUT2D eigenvalue weighted by atomic mass is 10.0. The largest absolute Gasteiger partial charge is 0.467 e. The summed E-state index contributed by atoms with van der Waals surface area (Å²) in [4.78, 5) is 8.95. The molecule has 0 N–H and O–H groups in total. The molecule has 24 heavy (non-hydrogen) atoms. The minimum Gasteiger partial charge on any atom is -0.467 e. The van der Waals surface area contributed by atoms with Crippen molar-refractivity contribution in [1.29, 1.82) is 0 Å². The Balaban J connectivity index is 2.55. The van der Waals surface area contributed by atoms with Crippen molar-refractivity contribution in [3.63, 3.8) is 0 Å². The van der Waals surface area contributed by atoms with E-state index in [4.69, 9.17) is 4.74 Å². The van der Waals surface area contributed by atoms with Crippen LogP contribution < -0.4 is 9.64 Å². The second-order valence-electron chi connectivity index (χ2n) is 5.88. The zero-order valence-electron chi connectivity index (χ0n) is 14.1. The Morgan fingerprint density at radius 2 is 1.88 bits per heavy atom. The van der Waals surface area contributed by atoms with Gasteiger partial charge in [0.2, 0.25) is 0 Å². The molecule has 0 aliphatic carbocycles. The molecule has 7 heteroatoms. The standard InChI is InChI=1S/C17H20F3N3O/c1-11(2)9-12-7-5-6-8-14(12)23(3)15-13(17(18,19)20)10-21-16(22-15)24-4/h5-8,10-11H,9H2,1-4H3.